The summed E-state index contributed by atoms with van der Waals surface area (Å²) in [5.41, 5.74) is 3.03. The van der Waals surface area contributed by atoms with Crippen molar-refractivity contribution in [3.8, 4) is 11.3 Å². The van der Waals surface area contributed by atoms with Gasteiger partial charge in [0.2, 0.25) is 0 Å². The molecule has 2 aromatic rings. The first-order valence-corrected chi connectivity index (χ1v) is 6.72. The van der Waals surface area contributed by atoms with Crippen LogP contribution in [0.25, 0.3) is 17.3 Å². The molecule has 0 saturated heterocycles. The molecule has 1 N–H and O–H groups in total. The van der Waals surface area contributed by atoms with Gasteiger partial charge < -0.3 is 4.98 Å². The Morgan fingerprint density at radius 2 is 2.06 bits per heavy atom. The second-order valence-electron chi connectivity index (χ2n) is 3.56. The molecular weight excluding hydrogens is 254 g/mol. The average Bonchev–Trinajstić information content (AvgIpc) is 2.77. The van der Waals surface area contributed by atoms with E-state index in [9.17, 15) is 4.79 Å². The monoisotopic (exact) mass is 265 g/mol. The summed E-state index contributed by atoms with van der Waals surface area (Å²) in [6.45, 7) is 0. The molecule has 17 heavy (non-hydrogen) atoms. The van der Waals surface area contributed by atoms with E-state index in [1.807, 2.05) is 35.7 Å². The predicted molar refractivity (Wildman–Crippen MR) is 74.7 cm³/mol. The number of nitrogens with one attached hydrogen (secondary N) is 1. The van der Waals surface area contributed by atoms with Gasteiger partial charge in [0.1, 0.15) is 0 Å². The molecule has 0 bridgehead atoms. The molecule has 1 aromatic carbocycles. The van der Waals surface area contributed by atoms with Crippen LogP contribution in [0.1, 0.15) is 12.0 Å². The summed E-state index contributed by atoms with van der Waals surface area (Å²) in [6.07, 6.45) is 4.97. The van der Waals surface area contributed by atoms with E-state index in [-0.39, 0.29) is 4.87 Å². The van der Waals surface area contributed by atoms with E-state index in [0.717, 1.165) is 23.2 Å². The van der Waals surface area contributed by atoms with Crippen LogP contribution in [0, 0.1) is 0 Å². The maximum Gasteiger partial charge on any atom is 0.304 e. The highest BCUT2D eigenvalue weighted by molar-refractivity contribution is 7.07. The number of hydrogen-bond donors (Lipinski definition) is 1. The van der Waals surface area contributed by atoms with Crippen LogP contribution in [0.5, 0.6) is 0 Å². The molecule has 0 fully saturated rings. The highest BCUT2D eigenvalue weighted by atomic mass is 35.5. The molecule has 88 valence electrons. The first kappa shape index (κ1) is 12.1. The van der Waals surface area contributed by atoms with E-state index in [4.69, 9.17) is 11.6 Å². The molecule has 0 unspecified atom stereocenters. The van der Waals surface area contributed by atoms with Crippen molar-refractivity contribution in [2.75, 3.05) is 5.88 Å². The second-order valence-corrected chi connectivity index (χ2v) is 4.78. The van der Waals surface area contributed by atoms with Crippen molar-refractivity contribution in [1.82, 2.24) is 4.98 Å². The standard InChI is InChI=1S/C13H12ClNOS/c14-8-2-1-3-10-4-6-11(7-5-10)12-9-17-13(16)15-12/h1,3-7,9H,2,8H2,(H,15,16). The van der Waals surface area contributed by atoms with Crippen molar-refractivity contribution in [1.29, 1.82) is 0 Å². The molecule has 0 amide bonds. The van der Waals surface area contributed by atoms with E-state index in [2.05, 4.69) is 11.1 Å². The van der Waals surface area contributed by atoms with E-state index in [0.29, 0.717) is 5.88 Å². The minimum absolute atomic E-state index is 0.0221. The lowest BCUT2D eigenvalue weighted by molar-refractivity contribution is 1.24. The Morgan fingerprint density at radius 3 is 2.65 bits per heavy atom. The number of aromatic nitrogens is 1. The lowest BCUT2D eigenvalue weighted by Gasteiger charge is -1.98. The molecule has 4 heteroatoms. The molecule has 0 radical (unpaired) electrons. The molecule has 1 heterocycles. The SMILES string of the molecule is O=c1[nH]c(-c2ccc(C=CCCCl)cc2)cs1. The number of hydrogen-bond acceptors (Lipinski definition) is 2. The van der Waals surface area contributed by atoms with Crippen LogP contribution in [0.15, 0.2) is 40.5 Å². The summed E-state index contributed by atoms with van der Waals surface area (Å²) in [6, 6.07) is 8.04. The zero-order valence-corrected chi connectivity index (χ0v) is 10.7. The molecule has 2 nitrogen and oxygen atoms in total. The minimum atomic E-state index is -0.0221. The third-order valence-electron chi connectivity index (χ3n) is 2.33. The summed E-state index contributed by atoms with van der Waals surface area (Å²) in [7, 11) is 0. The Labute approximate surface area is 109 Å². The fraction of sp³-hybridized carbons (Fsp3) is 0.154. The van der Waals surface area contributed by atoms with Gasteiger partial charge in [0, 0.05) is 11.3 Å². The number of allylic oxidation sites excluding steroid dienone is 1. The number of halogens is 1. The number of benzene rings is 1. The lowest BCUT2D eigenvalue weighted by Crippen LogP contribution is -1.92. The number of rotatable bonds is 4. The van der Waals surface area contributed by atoms with E-state index < -0.39 is 0 Å². The second kappa shape index (κ2) is 5.84. The quantitative estimate of drug-likeness (QED) is 0.839. The van der Waals surface area contributed by atoms with Gasteiger partial charge in [0.05, 0.1) is 5.69 Å². The molecular formula is C13H12ClNOS. The van der Waals surface area contributed by atoms with Gasteiger partial charge in [-0.05, 0) is 17.5 Å². The number of aromatic amines is 1. The van der Waals surface area contributed by atoms with Gasteiger partial charge in [0.15, 0.2) is 0 Å². The van der Waals surface area contributed by atoms with Crippen LogP contribution >= 0.6 is 22.9 Å². The van der Waals surface area contributed by atoms with Gasteiger partial charge in [-0.2, -0.15) is 0 Å². The van der Waals surface area contributed by atoms with Crippen molar-refractivity contribution in [2.45, 2.75) is 6.42 Å². The summed E-state index contributed by atoms with van der Waals surface area (Å²) >= 11 is 6.77. The Kier molecular flexibility index (Phi) is 4.18. The van der Waals surface area contributed by atoms with Gasteiger partial charge in [-0.1, -0.05) is 47.8 Å². The summed E-state index contributed by atoms with van der Waals surface area (Å²) < 4.78 is 0. The largest absolute Gasteiger partial charge is 0.312 e. The maximum atomic E-state index is 11.0. The number of thiazole rings is 1. The van der Waals surface area contributed by atoms with Gasteiger partial charge in [-0.3, -0.25) is 4.79 Å². The van der Waals surface area contributed by atoms with Gasteiger partial charge in [0.25, 0.3) is 0 Å². The van der Waals surface area contributed by atoms with Crippen molar-refractivity contribution >= 4 is 29.0 Å². The lowest BCUT2D eigenvalue weighted by atomic mass is 10.1. The highest BCUT2D eigenvalue weighted by Gasteiger charge is 1.99. The Hall–Kier alpha value is -1.32. The van der Waals surface area contributed by atoms with E-state index in [1.165, 1.54) is 11.3 Å². The molecule has 0 aliphatic rings. The third kappa shape index (κ3) is 3.32. The molecule has 0 saturated carbocycles. The van der Waals surface area contributed by atoms with Crippen LogP contribution in [0.4, 0.5) is 0 Å². The molecule has 1 aromatic heterocycles. The zero-order chi connectivity index (χ0) is 12.1. The van der Waals surface area contributed by atoms with Crippen LogP contribution in [0.3, 0.4) is 0 Å². The summed E-state index contributed by atoms with van der Waals surface area (Å²) in [5, 5.41) is 1.83. The van der Waals surface area contributed by atoms with Crippen molar-refractivity contribution in [2.24, 2.45) is 0 Å². The maximum absolute atomic E-state index is 11.0. The molecule has 2 rings (SSSR count). The normalized spacial score (nSPS) is 11.1. The number of alkyl halides is 1. The summed E-state index contributed by atoms with van der Waals surface area (Å²) in [5.74, 6) is 0.644. The van der Waals surface area contributed by atoms with Crippen LogP contribution in [-0.2, 0) is 0 Å². The predicted octanol–water partition coefficient (Wildman–Crippen LogP) is 3.75. The van der Waals surface area contributed by atoms with Crippen LogP contribution in [0.2, 0.25) is 0 Å². The first-order chi connectivity index (χ1) is 8.29. The Morgan fingerprint density at radius 1 is 1.29 bits per heavy atom. The topological polar surface area (TPSA) is 32.9 Å². The Bertz CT molecular complexity index is 553. The van der Waals surface area contributed by atoms with Crippen molar-refractivity contribution in [3.63, 3.8) is 0 Å². The molecule has 0 atom stereocenters. The van der Waals surface area contributed by atoms with Crippen molar-refractivity contribution < 1.29 is 0 Å². The highest BCUT2D eigenvalue weighted by Crippen LogP contribution is 2.18. The fourth-order valence-electron chi connectivity index (χ4n) is 1.48. The zero-order valence-electron chi connectivity index (χ0n) is 9.15. The van der Waals surface area contributed by atoms with E-state index in [1.54, 1.807) is 0 Å². The summed E-state index contributed by atoms with van der Waals surface area (Å²) in [4.78, 5) is 13.8. The smallest absolute Gasteiger partial charge is 0.304 e. The van der Waals surface area contributed by atoms with Gasteiger partial charge in [-0.15, -0.1) is 11.6 Å². The molecule has 0 aliphatic carbocycles. The van der Waals surface area contributed by atoms with Crippen molar-refractivity contribution in [3.05, 3.63) is 51.0 Å². The number of H-pyrrole nitrogens is 1. The first-order valence-electron chi connectivity index (χ1n) is 5.30. The Balaban J connectivity index is 2.15. The van der Waals surface area contributed by atoms with E-state index >= 15 is 0 Å². The van der Waals surface area contributed by atoms with Gasteiger partial charge in [-0.25, -0.2) is 0 Å². The third-order valence-corrected chi connectivity index (χ3v) is 3.22. The molecule has 0 spiro atoms. The van der Waals surface area contributed by atoms with Gasteiger partial charge >= 0.3 is 4.87 Å². The van der Waals surface area contributed by atoms with Crippen LogP contribution < -0.4 is 4.87 Å². The van der Waals surface area contributed by atoms with Crippen LogP contribution in [-0.4, -0.2) is 10.9 Å². The minimum Gasteiger partial charge on any atom is -0.312 e. The molecule has 0 aliphatic heterocycles. The average molecular weight is 266 g/mol. The fourth-order valence-corrected chi connectivity index (χ4v) is 2.19.